The Morgan fingerprint density at radius 2 is 1.58 bits per heavy atom. The Balaban J connectivity index is 1.42. The van der Waals surface area contributed by atoms with Gasteiger partial charge < -0.3 is 20.1 Å². The van der Waals surface area contributed by atoms with Gasteiger partial charge in [0.25, 0.3) is 11.8 Å². The average molecular weight is 324 g/mol. The lowest BCUT2D eigenvalue weighted by Gasteiger charge is -2.07. The quantitative estimate of drug-likeness (QED) is 0.906. The van der Waals surface area contributed by atoms with Crippen LogP contribution in [-0.4, -0.2) is 24.6 Å². The summed E-state index contributed by atoms with van der Waals surface area (Å²) in [7, 11) is 0. The van der Waals surface area contributed by atoms with Crippen LogP contribution in [0.1, 0.15) is 33.6 Å². The summed E-state index contributed by atoms with van der Waals surface area (Å²) in [4.78, 5) is 24.2. The van der Waals surface area contributed by atoms with Crippen molar-refractivity contribution < 1.29 is 19.1 Å². The van der Waals surface area contributed by atoms with Crippen LogP contribution in [-0.2, 0) is 0 Å². The number of hydrogen-bond donors (Lipinski definition) is 2. The van der Waals surface area contributed by atoms with E-state index in [4.69, 9.17) is 9.47 Å². The Morgan fingerprint density at radius 3 is 2.33 bits per heavy atom. The number of nitrogens with one attached hydrogen (secondary N) is 2. The molecule has 0 radical (unpaired) electrons. The third kappa shape index (κ3) is 3.03. The Kier molecular flexibility index (Phi) is 3.57. The van der Waals surface area contributed by atoms with E-state index in [0.717, 1.165) is 12.8 Å². The van der Waals surface area contributed by atoms with Gasteiger partial charge in [-0.2, -0.15) is 0 Å². The number of carbonyl (C=O) groups is 2. The molecule has 2 aromatic carbocycles. The number of hydrogen-bond acceptors (Lipinski definition) is 4. The molecule has 0 bridgehead atoms. The summed E-state index contributed by atoms with van der Waals surface area (Å²) in [5, 5.41) is 5.73. The smallest absolute Gasteiger partial charge is 0.255 e. The first kappa shape index (κ1) is 14.6. The van der Waals surface area contributed by atoms with Gasteiger partial charge in [0.2, 0.25) is 6.79 Å². The third-order valence-corrected chi connectivity index (χ3v) is 3.95. The summed E-state index contributed by atoms with van der Waals surface area (Å²) in [6, 6.07) is 12.2. The lowest BCUT2D eigenvalue weighted by molar-refractivity contribution is 0.0950. The van der Waals surface area contributed by atoms with Crippen molar-refractivity contribution >= 4 is 17.5 Å². The van der Waals surface area contributed by atoms with Gasteiger partial charge in [-0.25, -0.2) is 0 Å². The monoisotopic (exact) mass is 324 g/mol. The highest BCUT2D eigenvalue weighted by Gasteiger charge is 2.23. The molecule has 0 unspecified atom stereocenters. The number of amides is 2. The maximum Gasteiger partial charge on any atom is 0.255 e. The van der Waals surface area contributed by atoms with Crippen molar-refractivity contribution in [2.24, 2.45) is 0 Å². The molecule has 2 N–H and O–H groups in total. The van der Waals surface area contributed by atoms with E-state index in [9.17, 15) is 9.59 Å². The highest BCUT2D eigenvalue weighted by molar-refractivity contribution is 6.05. The average Bonchev–Trinajstić information content (AvgIpc) is 3.28. The molecule has 122 valence electrons. The zero-order valence-electron chi connectivity index (χ0n) is 12.9. The lowest BCUT2D eigenvalue weighted by atomic mass is 10.1. The first-order valence-corrected chi connectivity index (χ1v) is 7.81. The summed E-state index contributed by atoms with van der Waals surface area (Å²) >= 11 is 0. The van der Waals surface area contributed by atoms with Gasteiger partial charge >= 0.3 is 0 Å². The van der Waals surface area contributed by atoms with Crippen LogP contribution in [0.2, 0.25) is 0 Å². The summed E-state index contributed by atoms with van der Waals surface area (Å²) in [6.07, 6.45) is 2.10. The van der Waals surface area contributed by atoms with Crippen LogP contribution in [0.15, 0.2) is 42.5 Å². The van der Waals surface area contributed by atoms with E-state index >= 15 is 0 Å². The van der Waals surface area contributed by atoms with E-state index in [0.29, 0.717) is 34.4 Å². The van der Waals surface area contributed by atoms with Crippen LogP contribution >= 0.6 is 0 Å². The summed E-state index contributed by atoms with van der Waals surface area (Å²) in [5.74, 6) is 0.877. The molecule has 1 fully saturated rings. The molecule has 2 aliphatic rings. The predicted molar refractivity (Wildman–Crippen MR) is 87.4 cm³/mol. The third-order valence-electron chi connectivity index (χ3n) is 3.95. The molecule has 0 atom stereocenters. The number of benzene rings is 2. The van der Waals surface area contributed by atoms with Crippen LogP contribution in [0.4, 0.5) is 5.69 Å². The maximum atomic E-state index is 12.3. The minimum Gasteiger partial charge on any atom is -0.454 e. The normalized spacial score (nSPS) is 15.0. The van der Waals surface area contributed by atoms with E-state index in [1.807, 2.05) is 0 Å². The van der Waals surface area contributed by atoms with Crippen molar-refractivity contribution in [2.75, 3.05) is 12.1 Å². The summed E-state index contributed by atoms with van der Waals surface area (Å²) in [6.45, 7) is 0.171. The largest absolute Gasteiger partial charge is 0.454 e. The molecule has 0 saturated heterocycles. The van der Waals surface area contributed by atoms with Gasteiger partial charge in [0.15, 0.2) is 11.5 Å². The number of anilines is 1. The molecule has 1 heterocycles. The van der Waals surface area contributed by atoms with Gasteiger partial charge in [-0.05, 0) is 55.3 Å². The van der Waals surface area contributed by atoms with E-state index in [1.165, 1.54) is 0 Å². The van der Waals surface area contributed by atoms with Crippen molar-refractivity contribution in [1.29, 1.82) is 0 Å². The second-order valence-corrected chi connectivity index (χ2v) is 5.85. The van der Waals surface area contributed by atoms with Crippen LogP contribution in [0.25, 0.3) is 0 Å². The fraction of sp³-hybridized carbons (Fsp3) is 0.222. The SMILES string of the molecule is O=C(Nc1ccc(C(=O)NC2CC2)cc1)c1ccc2c(c1)OCO2. The Hall–Kier alpha value is -3.02. The number of carbonyl (C=O) groups excluding carboxylic acids is 2. The standard InChI is InChI=1S/C18H16N2O4/c21-17(19-14-6-7-14)11-1-4-13(5-2-11)20-18(22)12-3-8-15-16(9-12)24-10-23-15/h1-5,8-9,14H,6-7,10H2,(H,19,21)(H,20,22). The van der Waals surface area contributed by atoms with Crippen molar-refractivity contribution in [2.45, 2.75) is 18.9 Å². The maximum absolute atomic E-state index is 12.3. The van der Waals surface area contributed by atoms with Crippen molar-refractivity contribution in [3.8, 4) is 11.5 Å². The van der Waals surface area contributed by atoms with Crippen molar-refractivity contribution in [3.05, 3.63) is 53.6 Å². The van der Waals surface area contributed by atoms with Gasteiger partial charge in [-0.1, -0.05) is 0 Å². The molecule has 6 heteroatoms. The minimum absolute atomic E-state index is 0.0776. The molecule has 1 saturated carbocycles. The number of fused-ring (bicyclic) bond motifs is 1. The van der Waals surface area contributed by atoms with Gasteiger partial charge in [0.05, 0.1) is 0 Å². The van der Waals surface area contributed by atoms with Crippen LogP contribution in [0.3, 0.4) is 0 Å². The molecular formula is C18H16N2O4. The van der Waals surface area contributed by atoms with Crippen LogP contribution in [0.5, 0.6) is 11.5 Å². The second kappa shape index (κ2) is 5.88. The van der Waals surface area contributed by atoms with E-state index < -0.39 is 0 Å². The molecule has 0 spiro atoms. The van der Waals surface area contributed by atoms with E-state index in [2.05, 4.69) is 10.6 Å². The molecule has 24 heavy (non-hydrogen) atoms. The zero-order chi connectivity index (χ0) is 16.5. The fourth-order valence-electron chi connectivity index (χ4n) is 2.44. The van der Waals surface area contributed by atoms with Crippen molar-refractivity contribution in [1.82, 2.24) is 5.32 Å². The first-order chi connectivity index (χ1) is 11.7. The van der Waals surface area contributed by atoms with Gasteiger partial charge in [0.1, 0.15) is 0 Å². The predicted octanol–water partition coefficient (Wildman–Crippen LogP) is 2.56. The molecule has 2 aromatic rings. The molecule has 4 rings (SSSR count). The lowest BCUT2D eigenvalue weighted by Crippen LogP contribution is -2.25. The van der Waals surface area contributed by atoms with E-state index in [-0.39, 0.29) is 18.6 Å². The fourth-order valence-corrected chi connectivity index (χ4v) is 2.44. The number of ether oxygens (including phenoxy) is 2. The highest BCUT2D eigenvalue weighted by atomic mass is 16.7. The molecule has 6 nitrogen and oxygen atoms in total. The van der Waals surface area contributed by atoms with Gasteiger partial charge in [-0.3, -0.25) is 9.59 Å². The second-order valence-electron chi connectivity index (χ2n) is 5.85. The zero-order valence-corrected chi connectivity index (χ0v) is 12.9. The molecule has 1 aliphatic carbocycles. The first-order valence-electron chi connectivity index (χ1n) is 7.81. The number of rotatable bonds is 4. The van der Waals surface area contributed by atoms with E-state index in [1.54, 1.807) is 42.5 Å². The molecular weight excluding hydrogens is 308 g/mol. The van der Waals surface area contributed by atoms with Gasteiger partial charge in [0, 0.05) is 22.9 Å². The van der Waals surface area contributed by atoms with Crippen LogP contribution in [0, 0.1) is 0 Å². The molecule has 2 amide bonds. The Morgan fingerprint density at radius 1 is 0.875 bits per heavy atom. The van der Waals surface area contributed by atoms with Crippen LogP contribution < -0.4 is 20.1 Å². The topological polar surface area (TPSA) is 76.7 Å². The highest BCUT2D eigenvalue weighted by Crippen LogP contribution is 2.32. The molecule has 1 aliphatic heterocycles. The summed E-state index contributed by atoms with van der Waals surface area (Å²) in [5.41, 5.74) is 1.69. The van der Waals surface area contributed by atoms with Crippen molar-refractivity contribution in [3.63, 3.8) is 0 Å². The molecule has 0 aromatic heterocycles. The Labute approximate surface area is 138 Å². The summed E-state index contributed by atoms with van der Waals surface area (Å²) < 4.78 is 10.5. The van der Waals surface area contributed by atoms with Gasteiger partial charge in [-0.15, -0.1) is 0 Å². The Bertz CT molecular complexity index is 797. The minimum atomic E-state index is -0.247.